The predicted octanol–water partition coefficient (Wildman–Crippen LogP) is 3.76. The van der Waals surface area contributed by atoms with Gasteiger partial charge < -0.3 is 9.80 Å². The van der Waals surface area contributed by atoms with Crippen LogP contribution in [0.4, 0.5) is 0 Å². The van der Waals surface area contributed by atoms with Crippen LogP contribution in [0, 0.1) is 0 Å². The van der Waals surface area contributed by atoms with Crippen LogP contribution in [-0.2, 0) is 0 Å². The van der Waals surface area contributed by atoms with Crippen molar-refractivity contribution in [3.8, 4) is 0 Å². The maximum Gasteiger partial charge on any atom is 0.00891 e. The molecule has 0 spiro atoms. The molecule has 2 aliphatic rings. The molecule has 0 radical (unpaired) electrons. The summed E-state index contributed by atoms with van der Waals surface area (Å²) in [7, 11) is 8.76. The molecule has 0 N–H and O–H groups in total. The molecule has 2 aliphatic carbocycles. The molecule has 18 heavy (non-hydrogen) atoms. The van der Waals surface area contributed by atoms with Gasteiger partial charge in [0.25, 0.3) is 0 Å². The van der Waals surface area contributed by atoms with E-state index in [4.69, 9.17) is 0 Å². The van der Waals surface area contributed by atoms with Gasteiger partial charge in [-0.25, -0.2) is 0 Å². The van der Waals surface area contributed by atoms with Crippen LogP contribution < -0.4 is 0 Å². The Morgan fingerprint density at radius 2 is 0.778 bits per heavy atom. The highest BCUT2D eigenvalue weighted by atomic mass is 15.1. The van der Waals surface area contributed by atoms with Crippen LogP contribution in [0.2, 0.25) is 0 Å². The molecule has 0 aromatic heterocycles. The van der Waals surface area contributed by atoms with E-state index in [1.165, 1.54) is 64.2 Å². The maximum atomic E-state index is 2.36. The lowest BCUT2D eigenvalue weighted by molar-refractivity contribution is 0.229. The standard InChI is InChI=1S/2C8H17N/c2*1-9(2)8-6-4-3-5-7-8/h2*8H,3-7H2,1-2H3. The second kappa shape index (κ2) is 8.92. The van der Waals surface area contributed by atoms with E-state index in [0.29, 0.717) is 0 Å². The quantitative estimate of drug-likeness (QED) is 0.740. The molecule has 0 atom stereocenters. The van der Waals surface area contributed by atoms with E-state index in [9.17, 15) is 0 Å². The Kier molecular flexibility index (Phi) is 7.92. The molecule has 0 amide bonds. The summed E-state index contributed by atoms with van der Waals surface area (Å²) in [4.78, 5) is 4.72. The fourth-order valence-electron chi connectivity index (χ4n) is 3.19. The lowest BCUT2D eigenvalue weighted by Gasteiger charge is -2.27. The highest BCUT2D eigenvalue weighted by molar-refractivity contribution is 4.71. The number of hydrogen-bond donors (Lipinski definition) is 0. The van der Waals surface area contributed by atoms with E-state index >= 15 is 0 Å². The van der Waals surface area contributed by atoms with Crippen LogP contribution in [0.5, 0.6) is 0 Å². The molecule has 2 rings (SSSR count). The second-order valence-electron chi connectivity index (χ2n) is 6.51. The third-order valence-electron chi connectivity index (χ3n) is 4.61. The molecule has 0 heterocycles. The lowest BCUT2D eigenvalue weighted by atomic mass is 9.95. The van der Waals surface area contributed by atoms with Gasteiger partial charge in [-0.05, 0) is 53.9 Å². The fourth-order valence-corrected chi connectivity index (χ4v) is 3.19. The molecule has 108 valence electrons. The first kappa shape index (κ1) is 16.0. The van der Waals surface area contributed by atoms with Crippen molar-refractivity contribution in [3.63, 3.8) is 0 Å². The first-order valence-corrected chi connectivity index (χ1v) is 7.94. The topological polar surface area (TPSA) is 6.48 Å². The molecule has 0 aromatic carbocycles. The molecule has 0 bridgehead atoms. The number of nitrogens with zero attached hydrogens (tertiary/aromatic N) is 2. The van der Waals surface area contributed by atoms with E-state index in [-0.39, 0.29) is 0 Å². The monoisotopic (exact) mass is 254 g/mol. The van der Waals surface area contributed by atoms with Gasteiger partial charge in [0.15, 0.2) is 0 Å². The van der Waals surface area contributed by atoms with Crippen LogP contribution in [0.3, 0.4) is 0 Å². The molecule has 0 unspecified atom stereocenters. The fraction of sp³-hybridized carbons (Fsp3) is 1.00. The van der Waals surface area contributed by atoms with Crippen molar-refractivity contribution in [3.05, 3.63) is 0 Å². The van der Waals surface area contributed by atoms with Gasteiger partial charge in [0.05, 0.1) is 0 Å². The van der Waals surface area contributed by atoms with Crippen LogP contribution in [-0.4, -0.2) is 50.1 Å². The van der Waals surface area contributed by atoms with Crippen molar-refractivity contribution in [2.75, 3.05) is 28.2 Å². The molecule has 0 saturated heterocycles. The third kappa shape index (κ3) is 6.19. The largest absolute Gasteiger partial charge is 0.306 e. The average molecular weight is 254 g/mol. The van der Waals surface area contributed by atoms with Gasteiger partial charge in [-0.3, -0.25) is 0 Å². The molecule has 2 saturated carbocycles. The van der Waals surface area contributed by atoms with Gasteiger partial charge in [0, 0.05) is 12.1 Å². The van der Waals surface area contributed by atoms with Crippen LogP contribution in [0.1, 0.15) is 64.2 Å². The third-order valence-corrected chi connectivity index (χ3v) is 4.61. The van der Waals surface area contributed by atoms with Crippen LogP contribution in [0.15, 0.2) is 0 Å². The summed E-state index contributed by atoms with van der Waals surface area (Å²) >= 11 is 0. The van der Waals surface area contributed by atoms with Crippen molar-refractivity contribution in [1.82, 2.24) is 9.80 Å². The summed E-state index contributed by atoms with van der Waals surface area (Å²) in [6.45, 7) is 0. The Bertz CT molecular complexity index is 167. The van der Waals surface area contributed by atoms with E-state index in [1.54, 1.807) is 0 Å². The Morgan fingerprint density at radius 1 is 0.500 bits per heavy atom. The van der Waals surface area contributed by atoms with Gasteiger partial charge in [0.1, 0.15) is 0 Å². The predicted molar refractivity (Wildman–Crippen MR) is 81.1 cm³/mol. The summed E-state index contributed by atoms with van der Waals surface area (Å²) in [5, 5.41) is 0. The molecule has 2 fully saturated rings. The zero-order chi connectivity index (χ0) is 13.4. The zero-order valence-corrected chi connectivity index (χ0v) is 13.1. The van der Waals surface area contributed by atoms with Crippen molar-refractivity contribution in [1.29, 1.82) is 0 Å². The minimum Gasteiger partial charge on any atom is -0.306 e. The zero-order valence-electron chi connectivity index (χ0n) is 13.1. The highest BCUT2D eigenvalue weighted by Crippen LogP contribution is 2.20. The molecular formula is C16H34N2. The smallest absolute Gasteiger partial charge is 0.00891 e. The van der Waals surface area contributed by atoms with Crippen molar-refractivity contribution < 1.29 is 0 Å². The Morgan fingerprint density at radius 3 is 0.944 bits per heavy atom. The molecule has 2 heteroatoms. The minimum atomic E-state index is 0.888. The van der Waals surface area contributed by atoms with E-state index < -0.39 is 0 Å². The van der Waals surface area contributed by atoms with Crippen LogP contribution in [0.25, 0.3) is 0 Å². The Hall–Kier alpha value is -0.0800. The Labute approximate surface area is 115 Å². The molecule has 0 aliphatic heterocycles. The number of rotatable bonds is 2. The van der Waals surface area contributed by atoms with Gasteiger partial charge in [-0.15, -0.1) is 0 Å². The first-order valence-electron chi connectivity index (χ1n) is 7.94. The summed E-state index contributed by atoms with van der Waals surface area (Å²) in [6.07, 6.45) is 14.4. The summed E-state index contributed by atoms with van der Waals surface area (Å²) < 4.78 is 0. The molecular weight excluding hydrogens is 220 g/mol. The summed E-state index contributed by atoms with van der Waals surface area (Å²) in [6, 6.07) is 1.78. The van der Waals surface area contributed by atoms with Gasteiger partial charge in [-0.1, -0.05) is 38.5 Å². The minimum absolute atomic E-state index is 0.888. The van der Waals surface area contributed by atoms with Crippen LogP contribution >= 0.6 is 0 Å². The highest BCUT2D eigenvalue weighted by Gasteiger charge is 2.14. The maximum absolute atomic E-state index is 2.36. The summed E-state index contributed by atoms with van der Waals surface area (Å²) in [5.74, 6) is 0. The Balaban J connectivity index is 0.000000180. The normalized spacial score (nSPS) is 23.0. The van der Waals surface area contributed by atoms with Gasteiger partial charge in [-0.2, -0.15) is 0 Å². The molecule has 0 aromatic rings. The van der Waals surface area contributed by atoms with Gasteiger partial charge in [0.2, 0.25) is 0 Å². The van der Waals surface area contributed by atoms with Gasteiger partial charge >= 0.3 is 0 Å². The van der Waals surface area contributed by atoms with Crippen molar-refractivity contribution >= 4 is 0 Å². The van der Waals surface area contributed by atoms with Crippen molar-refractivity contribution in [2.24, 2.45) is 0 Å². The van der Waals surface area contributed by atoms with E-state index in [0.717, 1.165) is 12.1 Å². The van der Waals surface area contributed by atoms with E-state index in [2.05, 4.69) is 38.0 Å². The SMILES string of the molecule is CN(C)C1CCCCC1.CN(C)C1CCCCC1. The average Bonchev–Trinajstić information content (AvgIpc) is 2.41. The molecule has 2 nitrogen and oxygen atoms in total. The van der Waals surface area contributed by atoms with Crippen molar-refractivity contribution in [2.45, 2.75) is 76.3 Å². The summed E-state index contributed by atoms with van der Waals surface area (Å²) in [5.41, 5.74) is 0. The van der Waals surface area contributed by atoms with E-state index in [1.807, 2.05) is 0 Å². The number of hydrogen-bond acceptors (Lipinski definition) is 2. The second-order valence-corrected chi connectivity index (χ2v) is 6.51. The first-order chi connectivity index (χ1) is 8.61. The lowest BCUT2D eigenvalue weighted by Crippen LogP contribution is -2.29.